The van der Waals surface area contributed by atoms with Crippen LogP contribution in [0.5, 0.6) is 0 Å². The molecule has 0 unspecified atom stereocenters. The van der Waals surface area contributed by atoms with Crippen LogP contribution in [0.4, 0.5) is 10.3 Å². The second kappa shape index (κ2) is 6.85. The van der Waals surface area contributed by atoms with Crippen LogP contribution in [0.3, 0.4) is 0 Å². The van der Waals surface area contributed by atoms with Crippen molar-refractivity contribution in [2.24, 2.45) is 5.73 Å². The minimum absolute atomic E-state index is 0.00913. The summed E-state index contributed by atoms with van der Waals surface area (Å²) in [6.45, 7) is 1.39. The summed E-state index contributed by atoms with van der Waals surface area (Å²) < 4.78 is 15.2. The molecule has 1 fully saturated rings. The first-order chi connectivity index (χ1) is 13.1. The second-order valence-corrected chi connectivity index (χ2v) is 6.80. The fourth-order valence-corrected chi connectivity index (χ4v) is 3.57. The highest BCUT2D eigenvalue weighted by atomic mass is 19.1. The SMILES string of the molecule is N#Cc1ccc(F)cc1Cn1c(N2CCC[C@@H](N)C2)nc2cc[nH]c2c1=O. The lowest BCUT2D eigenvalue weighted by Crippen LogP contribution is -2.45. The largest absolute Gasteiger partial charge is 0.355 e. The fraction of sp³-hybridized carbons (Fsp3) is 0.316. The van der Waals surface area contributed by atoms with Gasteiger partial charge in [0.05, 0.1) is 23.7 Å². The van der Waals surface area contributed by atoms with E-state index in [4.69, 9.17) is 5.73 Å². The van der Waals surface area contributed by atoms with Gasteiger partial charge in [-0.25, -0.2) is 9.37 Å². The van der Waals surface area contributed by atoms with Gasteiger partial charge in [0.15, 0.2) is 0 Å². The van der Waals surface area contributed by atoms with E-state index in [-0.39, 0.29) is 18.1 Å². The van der Waals surface area contributed by atoms with Crippen molar-refractivity contribution in [3.63, 3.8) is 0 Å². The molecule has 0 aliphatic carbocycles. The van der Waals surface area contributed by atoms with E-state index in [0.717, 1.165) is 19.4 Å². The number of aromatic nitrogens is 3. The number of aromatic amines is 1. The number of benzene rings is 1. The molecule has 0 bridgehead atoms. The molecule has 1 aliphatic heterocycles. The second-order valence-electron chi connectivity index (χ2n) is 6.80. The summed E-state index contributed by atoms with van der Waals surface area (Å²) >= 11 is 0. The number of hydrogen-bond donors (Lipinski definition) is 2. The maximum Gasteiger partial charge on any atom is 0.279 e. The van der Waals surface area contributed by atoms with E-state index in [2.05, 4.69) is 16.0 Å². The predicted octanol–water partition coefficient (Wildman–Crippen LogP) is 1.71. The van der Waals surface area contributed by atoms with Crippen LogP contribution < -0.4 is 16.2 Å². The predicted molar refractivity (Wildman–Crippen MR) is 100.0 cm³/mol. The molecule has 4 rings (SSSR count). The molecule has 7 nitrogen and oxygen atoms in total. The van der Waals surface area contributed by atoms with Gasteiger partial charge in [-0.05, 0) is 42.7 Å². The van der Waals surface area contributed by atoms with Crippen LogP contribution in [0.2, 0.25) is 0 Å². The third-order valence-electron chi connectivity index (χ3n) is 4.90. The summed E-state index contributed by atoms with van der Waals surface area (Å²) in [6, 6.07) is 7.76. The Kier molecular flexibility index (Phi) is 4.38. The smallest absolute Gasteiger partial charge is 0.279 e. The molecular weight excluding hydrogens is 347 g/mol. The van der Waals surface area contributed by atoms with Gasteiger partial charge in [0, 0.05) is 25.3 Å². The number of fused-ring (bicyclic) bond motifs is 1. The fourth-order valence-electron chi connectivity index (χ4n) is 3.57. The lowest BCUT2D eigenvalue weighted by atomic mass is 10.1. The van der Waals surface area contributed by atoms with E-state index in [1.54, 1.807) is 12.3 Å². The number of nitrogens with two attached hydrogens (primary N) is 1. The maximum absolute atomic E-state index is 13.8. The zero-order valence-corrected chi connectivity index (χ0v) is 14.7. The first-order valence-electron chi connectivity index (χ1n) is 8.84. The molecule has 2 aromatic heterocycles. The molecule has 0 amide bonds. The Balaban J connectivity index is 1.87. The van der Waals surface area contributed by atoms with Crippen LogP contribution in [-0.2, 0) is 6.54 Å². The van der Waals surface area contributed by atoms with Crippen molar-refractivity contribution in [3.05, 3.63) is 57.8 Å². The summed E-state index contributed by atoms with van der Waals surface area (Å²) in [7, 11) is 0. The topological polar surface area (TPSA) is 104 Å². The lowest BCUT2D eigenvalue weighted by Gasteiger charge is -2.33. The van der Waals surface area contributed by atoms with Crippen LogP contribution in [0.1, 0.15) is 24.0 Å². The molecule has 8 heteroatoms. The van der Waals surface area contributed by atoms with Crippen molar-refractivity contribution in [1.29, 1.82) is 5.26 Å². The molecule has 1 saturated heterocycles. The number of nitrogens with zero attached hydrogens (tertiary/aromatic N) is 4. The van der Waals surface area contributed by atoms with Gasteiger partial charge in [-0.3, -0.25) is 9.36 Å². The monoisotopic (exact) mass is 366 g/mol. The van der Waals surface area contributed by atoms with Crippen molar-refractivity contribution in [2.75, 3.05) is 18.0 Å². The highest BCUT2D eigenvalue weighted by molar-refractivity contribution is 5.75. The third kappa shape index (κ3) is 3.17. The average molecular weight is 366 g/mol. The lowest BCUT2D eigenvalue weighted by molar-refractivity contribution is 0.491. The normalized spacial score (nSPS) is 17.2. The van der Waals surface area contributed by atoms with Crippen LogP contribution in [-0.4, -0.2) is 33.7 Å². The summed E-state index contributed by atoms with van der Waals surface area (Å²) in [5, 5.41) is 9.34. The van der Waals surface area contributed by atoms with Gasteiger partial charge < -0.3 is 15.6 Å². The number of rotatable bonds is 3. The van der Waals surface area contributed by atoms with Crippen molar-refractivity contribution >= 4 is 17.0 Å². The molecule has 3 heterocycles. The van der Waals surface area contributed by atoms with Crippen LogP contribution >= 0.6 is 0 Å². The zero-order chi connectivity index (χ0) is 19.0. The minimum Gasteiger partial charge on any atom is -0.355 e. The molecule has 0 radical (unpaired) electrons. The first-order valence-corrected chi connectivity index (χ1v) is 8.84. The number of H-pyrrole nitrogens is 1. The summed E-state index contributed by atoms with van der Waals surface area (Å²) in [4.78, 5) is 22.6. The van der Waals surface area contributed by atoms with E-state index in [1.807, 2.05) is 4.90 Å². The van der Waals surface area contributed by atoms with Crippen molar-refractivity contribution in [3.8, 4) is 6.07 Å². The van der Waals surface area contributed by atoms with E-state index in [0.29, 0.717) is 34.7 Å². The Morgan fingerprint density at radius 3 is 3.04 bits per heavy atom. The Morgan fingerprint density at radius 2 is 2.26 bits per heavy atom. The van der Waals surface area contributed by atoms with Gasteiger partial charge in [-0.1, -0.05) is 0 Å². The Hall–Kier alpha value is -3.18. The Labute approximate surface area is 154 Å². The molecule has 138 valence electrons. The minimum atomic E-state index is -0.451. The Morgan fingerprint density at radius 1 is 1.41 bits per heavy atom. The molecule has 0 saturated carbocycles. The number of nitriles is 1. The summed E-state index contributed by atoms with van der Waals surface area (Å²) in [6.07, 6.45) is 3.50. The molecule has 3 N–H and O–H groups in total. The Bertz CT molecular complexity index is 1100. The van der Waals surface area contributed by atoms with Gasteiger partial charge in [-0.15, -0.1) is 0 Å². The van der Waals surface area contributed by atoms with Crippen molar-refractivity contribution in [2.45, 2.75) is 25.4 Å². The van der Waals surface area contributed by atoms with E-state index >= 15 is 0 Å². The highest BCUT2D eigenvalue weighted by Gasteiger charge is 2.23. The first kappa shape index (κ1) is 17.2. The van der Waals surface area contributed by atoms with E-state index in [1.165, 1.54) is 22.8 Å². The molecule has 1 aliphatic rings. The highest BCUT2D eigenvalue weighted by Crippen LogP contribution is 2.21. The maximum atomic E-state index is 13.8. The molecular formula is C19H19FN6O. The molecule has 0 spiro atoms. The molecule has 3 aromatic rings. The van der Waals surface area contributed by atoms with Gasteiger partial charge >= 0.3 is 0 Å². The van der Waals surface area contributed by atoms with Crippen LogP contribution in [0, 0.1) is 17.1 Å². The zero-order valence-electron chi connectivity index (χ0n) is 14.7. The van der Waals surface area contributed by atoms with Crippen molar-refractivity contribution in [1.82, 2.24) is 14.5 Å². The average Bonchev–Trinajstić information content (AvgIpc) is 3.13. The van der Waals surface area contributed by atoms with Gasteiger partial charge in [0.25, 0.3) is 5.56 Å². The quantitative estimate of drug-likeness (QED) is 0.734. The number of anilines is 1. The number of piperidine rings is 1. The molecule has 1 aromatic carbocycles. The summed E-state index contributed by atoms with van der Waals surface area (Å²) in [5.74, 6) is 0.0444. The van der Waals surface area contributed by atoms with E-state index in [9.17, 15) is 14.4 Å². The van der Waals surface area contributed by atoms with Crippen LogP contribution in [0.25, 0.3) is 11.0 Å². The van der Waals surface area contributed by atoms with E-state index < -0.39 is 5.82 Å². The standard InChI is InChI=1S/C19H19FN6O/c20-14-4-3-12(9-21)13(8-14)10-26-18(27)17-16(5-6-23-17)24-19(26)25-7-1-2-15(22)11-25/h3-6,8,15,23H,1-2,7,10-11,22H2/t15-/m1/s1. The number of halogens is 1. The number of nitrogens with one attached hydrogen (secondary N) is 1. The number of hydrogen-bond acceptors (Lipinski definition) is 5. The van der Waals surface area contributed by atoms with Crippen molar-refractivity contribution < 1.29 is 4.39 Å². The third-order valence-corrected chi connectivity index (χ3v) is 4.90. The van der Waals surface area contributed by atoms with Gasteiger partial charge in [0.1, 0.15) is 11.3 Å². The van der Waals surface area contributed by atoms with Gasteiger partial charge in [0.2, 0.25) is 5.95 Å². The summed E-state index contributed by atoms with van der Waals surface area (Å²) in [5.41, 5.74) is 7.58. The molecule has 1 atom stereocenters. The molecule has 27 heavy (non-hydrogen) atoms. The van der Waals surface area contributed by atoms with Crippen LogP contribution in [0.15, 0.2) is 35.3 Å². The van der Waals surface area contributed by atoms with Gasteiger partial charge in [-0.2, -0.15) is 5.26 Å².